The highest BCUT2D eigenvalue weighted by Crippen LogP contribution is 2.46. The Kier molecular flexibility index (Phi) is 9.81. The molecule has 4 rings (SSSR count). The summed E-state index contributed by atoms with van der Waals surface area (Å²) in [7, 11) is 0. The molecule has 2 aromatic carbocycles. The van der Waals surface area contributed by atoms with E-state index in [1.807, 2.05) is 13.0 Å². The number of carboxylic acids is 1. The van der Waals surface area contributed by atoms with E-state index in [1.165, 1.54) is 22.1 Å². The highest BCUT2D eigenvalue weighted by Gasteiger charge is 2.44. The van der Waals surface area contributed by atoms with E-state index in [4.69, 9.17) is 14.9 Å². The maximum Gasteiger partial charge on any atom is 0.323 e. The molecule has 0 aliphatic carbocycles. The number of amides is 1. The zero-order chi connectivity index (χ0) is 28.7. The molecule has 2 aliphatic rings. The topological polar surface area (TPSA) is 128 Å². The molecule has 0 spiro atoms. The molecule has 2 unspecified atom stereocenters. The number of carbonyl (C=O) groups is 2. The number of aromatic hydroxyl groups is 2. The largest absolute Gasteiger partial charge is 0.508 e. The van der Waals surface area contributed by atoms with Gasteiger partial charge in [0, 0.05) is 17.5 Å². The van der Waals surface area contributed by atoms with E-state index in [2.05, 4.69) is 32.9 Å². The van der Waals surface area contributed by atoms with E-state index in [9.17, 15) is 19.8 Å². The number of allylic oxidation sites excluding steroid dienone is 4. The van der Waals surface area contributed by atoms with Gasteiger partial charge >= 0.3 is 5.97 Å². The normalized spacial score (nSPS) is 19.8. The molecule has 0 bridgehead atoms. The third-order valence-electron chi connectivity index (χ3n) is 7.07. The minimum Gasteiger partial charge on any atom is -0.508 e. The van der Waals surface area contributed by atoms with Crippen LogP contribution in [0.1, 0.15) is 74.9 Å². The van der Waals surface area contributed by atoms with E-state index in [0.717, 1.165) is 19.3 Å². The summed E-state index contributed by atoms with van der Waals surface area (Å²) in [6, 6.07) is 10.1. The van der Waals surface area contributed by atoms with Crippen molar-refractivity contribution in [3.8, 4) is 17.2 Å². The Balaban J connectivity index is 0.000000520. The number of phenolic OH excluding ortho intramolecular Hbond substituents is 2. The van der Waals surface area contributed by atoms with Crippen molar-refractivity contribution in [2.24, 2.45) is 0 Å². The molecule has 0 saturated heterocycles. The van der Waals surface area contributed by atoms with Crippen molar-refractivity contribution in [2.45, 2.75) is 78.0 Å². The lowest BCUT2D eigenvalue weighted by atomic mass is 9.84. The third kappa shape index (κ3) is 7.63. The fourth-order valence-corrected chi connectivity index (χ4v) is 4.78. The Morgan fingerprint density at radius 1 is 1.10 bits per heavy atom. The fourth-order valence-electron chi connectivity index (χ4n) is 4.78. The van der Waals surface area contributed by atoms with Crippen molar-refractivity contribution in [3.05, 3.63) is 76.4 Å². The Hall–Kier alpha value is -3.78. The lowest BCUT2D eigenvalue weighted by molar-refractivity contribution is -0.137. The van der Waals surface area contributed by atoms with Crippen LogP contribution in [0.15, 0.2) is 59.7 Å². The minimum atomic E-state index is -1.10. The lowest BCUT2D eigenvalue weighted by Gasteiger charge is -2.40. The second-order valence-electron chi connectivity index (χ2n) is 10.7. The van der Waals surface area contributed by atoms with Crippen LogP contribution in [0.4, 0.5) is 0 Å². The summed E-state index contributed by atoms with van der Waals surface area (Å²) in [6.45, 7) is 7.81. The number of hydrogen-bond donors (Lipinski definition) is 4. The van der Waals surface area contributed by atoms with Crippen LogP contribution in [-0.2, 0) is 17.8 Å². The Labute approximate surface area is 229 Å². The lowest BCUT2D eigenvalue weighted by Crippen LogP contribution is -2.49. The predicted octanol–water partition coefficient (Wildman–Crippen LogP) is 5.35. The van der Waals surface area contributed by atoms with Gasteiger partial charge in [-0.15, -0.1) is 0 Å². The number of ether oxygens (including phenoxy) is 1. The van der Waals surface area contributed by atoms with Gasteiger partial charge in [-0.25, -0.2) is 0 Å². The van der Waals surface area contributed by atoms with Crippen LogP contribution < -0.4 is 4.74 Å². The molecule has 0 aromatic heterocycles. The number of aliphatic hydroxyl groups excluding tert-OH is 1. The van der Waals surface area contributed by atoms with E-state index < -0.39 is 30.1 Å². The number of carboxylic acid groups (broad SMARTS) is 1. The van der Waals surface area contributed by atoms with Crippen LogP contribution in [0, 0.1) is 0 Å². The van der Waals surface area contributed by atoms with E-state index in [-0.39, 0.29) is 24.3 Å². The summed E-state index contributed by atoms with van der Waals surface area (Å²) in [5.41, 5.74) is 3.01. The number of benzene rings is 2. The SMILES string of the molecule is CC(C)=CCC/C(C)=C/CCC1(C)Oc2c(c(O)cc3c2CN(CC(=O)O)C3=O)CC1O.Oc1ccccc1. The molecule has 2 aromatic rings. The first-order chi connectivity index (χ1) is 18.4. The van der Waals surface area contributed by atoms with Gasteiger partial charge in [0.05, 0.1) is 18.2 Å². The smallest absolute Gasteiger partial charge is 0.323 e. The van der Waals surface area contributed by atoms with Crippen molar-refractivity contribution < 1.29 is 34.8 Å². The Morgan fingerprint density at radius 2 is 1.79 bits per heavy atom. The van der Waals surface area contributed by atoms with Crippen LogP contribution in [0.25, 0.3) is 0 Å². The zero-order valence-electron chi connectivity index (χ0n) is 23.1. The summed E-state index contributed by atoms with van der Waals surface area (Å²) >= 11 is 0. The van der Waals surface area contributed by atoms with Gasteiger partial charge in [0.2, 0.25) is 0 Å². The fraction of sp³-hybridized carbons (Fsp3) is 0.419. The molecule has 2 atom stereocenters. The Bertz CT molecular complexity index is 1250. The molecule has 210 valence electrons. The number of aliphatic hydroxyl groups is 1. The number of fused-ring (bicyclic) bond motifs is 3. The molecule has 4 N–H and O–H groups in total. The summed E-state index contributed by atoms with van der Waals surface area (Å²) in [6.07, 6.45) is 7.07. The molecule has 2 aliphatic heterocycles. The molecule has 0 radical (unpaired) electrons. The number of hydrogen-bond acceptors (Lipinski definition) is 6. The summed E-state index contributed by atoms with van der Waals surface area (Å²) in [4.78, 5) is 24.9. The maximum absolute atomic E-state index is 12.6. The van der Waals surface area contributed by atoms with Gasteiger partial charge in [0.1, 0.15) is 29.4 Å². The molecular formula is C31H39NO7. The van der Waals surface area contributed by atoms with Crippen LogP contribution in [0.3, 0.4) is 0 Å². The molecule has 0 fully saturated rings. The van der Waals surface area contributed by atoms with Gasteiger partial charge in [-0.2, -0.15) is 0 Å². The van der Waals surface area contributed by atoms with Crippen molar-refractivity contribution in [2.75, 3.05) is 6.54 Å². The predicted molar refractivity (Wildman–Crippen MR) is 149 cm³/mol. The first-order valence-corrected chi connectivity index (χ1v) is 13.2. The van der Waals surface area contributed by atoms with Crippen LogP contribution in [0.2, 0.25) is 0 Å². The molecule has 1 amide bonds. The van der Waals surface area contributed by atoms with Gasteiger partial charge in [-0.1, -0.05) is 41.5 Å². The van der Waals surface area contributed by atoms with E-state index >= 15 is 0 Å². The first-order valence-electron chi connectivity index (χ1n) is 13.2. The van der Waals surface area contributed by atoms with Crippen LogP contribution >= 0.6 is 0 Å². The van der Waals surface area contributed by atoms with Gasteiger partial charge in [0.15, 0.2) is 0 Å². The average Bonchev–Trinajstić information content (AvgIpc) is 3.16. The van der Waals surface area contributed by atoms with E-state index in [0.29, 0.717) is 29.0 Å². The van der Waals surface area contributed by atoms with E-state index in [1.54, 1.807) is 24.3 Å². The van der Waals surface area contributed by atoms with Crippen molar-refractivity contribution in [1.29, 1.82) is 0 Å². The highest BCUT2D eigenvalue weighted by atomic mass is 16.5. The molecule has 39 heavy (non-hydrogen) atoms. The molecular weight excluding hydrogens is 498 g/mol. The number of para-hydroxylation sites is 1. The first kappa shape index (κ1) is 29.8. The minimum absolute atomic E-state index is 0.110. The Morgan fingerprint density at radius 3 is 2.38 bits per heavy atom. The van der Waals surface area contributed by atoms with Crippen LogP contribution in [0.5, 0.6) is 17.2 Å². The third-order valence-corrected chi connectivity index (χ3v) is 7.07. The summed E-state index contributed by atoms with van der Waals surface area (Å²) < 4.78 is 6.28. The van der Waals surface area contributed by atoms with Gasteiger partial charge in [0.25, 0.3) is 5.91 Å². The molecule has 8 heteroatoms. The van der Waals surface area contributed by atoms with Gasteiger partial charge in [-0.05, 0) is 71.6 Å². The zero-order valence-corrected chi connectivity index (χ0v) is 23.1. The summed E-state index contributed by atoms with van der Waals surface area (Å²) in [5.74, 6) is -0.926. The average molecular weight is 538 g/mol. The number of rotatable bonds is 8. The van der Waals surface area contributed by atoms with Crippen LogP contribution in [-0.4, -0.2) is 55.5 Å². The van der Waals surface area contributed by atoms with Gasteiger partial charge in [-0.3, -0.25) is 9.59 Å². The second kappa shape index (κ2) is 12.8. The number of phenols is 2. The van der Waals surface area contributed by atoms with Crippen molar-refractivity contribution in [1.82, 2.24) is 4.90 Å². The highest BCUT2D eigenvalue weighted by molar-refractivity contribution is 6.01. The molecule has 2 heterocycles. The van der Waals surface area contributed by atoms with Crippen molar-refractivity contribution in [3.63, 3.8) is 0 Å². The number of nitrogens with zero attached hydrogens (tertiary/aromatic N) is 1. The maximum atomic E-state index is 12.6. The second-order valence-corrected chi connectivity index (χ2v) is 10.7. The quantitative estimate of drug-likeness (QED) is 0.334. The molecule has 0 saturated carbocycles. The molecule has 8 nitrogen and oxygen atoms in total. The monoisotopic (exact) mass is 537 g/mol. The summed E-state index contributed by atoms with van der Waals surface area (Å²) in [5, 5.41) is 39.0. The number of carbonyl (C=O) groups excluding carboxylic acids is 1. The number of aliphatic carboxylic acids is 1. The van der Waals surface area contributed by atoms with Crippen molar-refractivity contribution >= 4 is 11.9 Å². The standard InChI is InChI=1S/C25H33NO6.C6H6O/c1-15(2)7-5-8-16(3)9-6-10-25(4)21(28)12-18-20(27)11-17-19(23(18)32-25)13-26(24(17)31)14-22(29)30;7-6-4-2-1-3-5-6/h7,9,11,21,27-28H,5-6,8,10,12-14H2,1-4H3,(H,29,30);1-5,7H/b16-9+;. The van der Waals surface area contributed by atoms with Gasteiger partial charge < -0.3 is 30.1 Å².